The van der Waals surface area contributed by atoms with E-state index in [1.54, 1.807) is 6.07 Å². The van der Waals surface area contributed by atoms with E-state index in [4.69, 9.17) is 5.73 Å². The van der Waals surface area contributed by atoms with Gasteiger partial charge in [0.1, 0.15) is 0 Å². The van der Waals surface area contributed by atoms with Crippen molar-refractivity contribution in [1.29, 1.82) is 0 Å². The van der Waals surface area contributed by atoms with Crippen LogP contribution in [-0.2, 0) is 16.6 Å². The minimum Gasteiger partial charge on any atom is -0.326 e. The molecule has 2 rings (SSSR count). The second-order valence-electron chi connectivity index (χ2n) is 4.58. The fourth-order valence-corrected chi connectivity index (χ4v) is 4.72. The molecule has 0 spiro atoms. The Labute approximate surface area is 106 Å². The van der Waals surface area contributed by atoms with Crippen molar-refractivity contribution >= 4 is 21.4 Å². The third-order valence-corrected chi connectivity index (χ3v) is 5.97. The fourth-order valence-electron chi connectivity index (χ4n) is 1.89. The molecule has 0 amide bonds. The number of nitrogens with one attached hydrogen (secondary N) is 1. The number of rotatable bonds is 5. The third kappa shape index (κ3) is 2.88. The van der Waals surface area contributed by atoms with Gasteiger partial charge in [-0.25, -0.2) is 13.1 Å². The second kappa shape index (κ2) is 4.68. The molecule has 1 heterocycles. The zero-order chi connectivity index (χ0) is 12.6. The van der Waals surface area contributed by atoms with E-state index in [1.807, 2.05) is 13.8 Å². The van der Waals surface area contributed by atoms with Crippen LogP contribution in [0, 0.1) is 12.8 Å². The van der Waals surface area contributed by atoms with E-state index in [-0.39, 0.29) is 6.04 Å². The summed E-state index contributed by atoms with van der Waals surface area (Å²) in [5, 5.41) is 0. The zero-order valence-electron chi connectivity index (χ0n) is 10.1. The SMILES string of the molecule is Cc1sc(CN)cc1S(=O)(=O)NC(C)C1CC1. The van der Waals surface area contributed by atoms with Gasteiger partial charge >= 0.3 is 0 Å². The molecular weight excluding hydrogens is 256 g/mol. The molecule has 1 atom stereocenters. The number of sulfonamides is 1. The molecule has 0 radical (unpaired) electrons. The Kier molecular flexibility index (Phi) is 3.58. The summed E-state index contributed by atoms with van der Waals surface area (Å²) in [7, 11) is -3.38. The largest absolute Gasteiger partial charge is 0.326 e. The Morgan fingerprint density at radius 1 is 1.59 bits per heavy atom. The number of hydrogen-bond donors (Lipinski definition) is 2. The van der Waals surface area contributed by atoms with Gasteiger partial charge in [-0.15, -0.1) is 11.3 Å². The van der Waals surface area contributed by atoms with E-state index in [1.165, 1.54) is 11.3 Å². The maximum absolute atomic E-state index is 12.2. The molecule has 1 fully saturated rings. The summed E-state index contributed by atoms with van der Waals surface area (Å²) in [6, 6.07) is 1.71. The van der Waals surface area contributed by atoms with Gasteiger partial charge in [-0.2, -0.15) is 0 Å². The van der Waals surface area contributed by atoms with Gasteiger partial charge in [0.05, 0.1) is 4.90 Å². The van der Waals surface area contributed by atoms with E-state index < -0.39 is 10.0 Å². The lowest BCUT2D eigenvalue weighted by Crippen LogP contribution is -2.34. The molecule has 0 aliphatic heterocycles. The van der Waals surface area contributed by atoms with Gasteiger partial charge in [-0.05, 0) is 38.7 Å². The predicted molar refractivity (Wildman–Crippen MR) is 69.5 cm³/mol. The normalized spacial score (nSPS) is 18.3. The summed E-state index contributed by atoms with van der Waals surface area (Å²) in [6.07, 6.45) is 2.25. The highest BCUT2D eigenvalue weighted by Gasteiger charge is 2.32. The van der Waals surface area contributed by atoms with Gasteiger partial charge in [0.15, 0.2) is 0 Å². The fraction of sp³-hybridized carbons (Fsp3) is 0.636. The van der Waals surface area contributed by atoms with Crippen LogP contribution in [0.15, 0.2) is 11.0 Å². The van der Waals surface area contributed by atoms with Crippen LogP contribution in [0.2, 0.25) is 0 Å². The molecule has 4 nitrogen and oxygen atoms in total. The number of thiophene rings is 1. The van der Waals surface area contributed by atoms with Crippen molar-refractivity contribution in [3.8, 4) is 0 Å². The number of aryl methyl sites for hydroxylation is 1. The lowest BCUT2D eigenvalue weighted by molar-refractivity contribution is 0.538. The van der Waals surface area contributed by atoms with Crippen LogP contribution in [0.4, 0.5) is 0 Å². The van der Waals surface area contributed by atoms with Gasteiger partial charge < -0.3 is 5.73 Å². The quantitative estimate of drug-likeness (QED) is 0.856. The first-order valence-electron chi connectivity index (χ1n) is 5.75. The molecule has 0 bridgehead atoms. The smallest absolute Gasteiger partial charge is 0.241 e. The molecule has 1 saturated carbocycles. The molecule has 1 aliphatic carbocycles. The van der Waals surface area contributed by atoms with E-state index in [0.29, 0.717) is 17.4 Å². The van der Waals surface area contributed by atoms with Crippen LogP contribution in [-0.4, -0.2) is 14.5 Å². The molecular formula is C11H18N2O2S2. The van der Waals surface area contributed by atoms with Gasteiger partial charge in [0.2, 0.25) is 10.0 Å². The summed E-state index contributed by atoms with van der Waals surface area (Å²) in [5.41, 5.74) is 5.53. The Morgan fingerprint density at radius 3 is 2.71 bits per heavy atom. The first-order chi connectivity index (χ1) is 7.94. The predicted octanol–water partition coefficient (Wildman–Crippen LogP) is 1.59. The van der Waals surface area contributed by atoms with Crippen LogP contribution >= 0.6 is 11.3 Å². The summed E-state index contributed by atoms with van der Waals surface area (Å²) in [6.45, 7) is 4.14. The van der Waals surface area contributed by atoms with Crippen LogP contribution in [0.3, 0.4) is 0 Å². The van der Waals surface area contributed by atoms with E-state index >= 15 is 0 Å². The van der Waals surface area contributed by atoms with Crippen molar-refractivity contribution in [2.24, 2.45) is 11.7 Å². The van der Waals surface area contributed by atoms with E-state index in [2.05, 4.69) is 4.72 Å². The highest BCUT2D eigenvalue weighted by molar-refractivity contribution is 7.89. The van der Waals surface area contributed by atoms with Crippen molar-refractivity contribution in [3.63, 3.8) is 0 Å². The molecule has 1 aromatic heterocycles. The monoisotopic (exact) mass is 274 g/mol. The Morgan fingerprint density at radius 2 is 2.24 bits per heavy atom. The van der Waals surface area contributed by atoms with Crippen LogP contribution < -0.4 is 10.5 Å². The molecule has 6 heteroatoms. The molecule has 17 heavy (non-hydrogen) atoms. The van der Waals surface area contributed by atoms with Crippen LogP contribution in [0.1, 0.15) is 29.5 Å². The number of hydrogen-bond acceptors (Lipinski definition) is 4. The Hall–Kier alpha value is -0.430. The molecule has 1 aromatic rings. The maximum atomic E-state index is 12.2. The first kappa shape index (κ1) is 13.0. The maximum Gasteiger partial charge on any atom is 0.241 e. The molecule has 1 aliphatic rings. The molecule has 3 N–H and O–H groups in total. The summed E-state index contributed by atoms with van der Waals surface area (Å²) >= 11 is 1.45. The van der Waals surface area contributed by atoms with Gasteiger partial charge in [0.25, 0.3) is 0 Å². The van der Waals surface area contributed by atoms with Crippen molar-refractivity contribution in [1.82, 2.24) is 4.72 Å². The lowest BCUT2D eigenvalue weighted by Gasteiger charge is -2.12. The van der Waals surface area contributed by atoms with Crippen molar-refractivity contribution in [2.45, 2.75) is 44.2 Å². The van der Waals surface area contributed by atoms with Gasteiger partial charge in [0, 0.05) is 22.3 Å². The highest BCUT2D eigenvalue weighted by atomic mass is 32.2. The summed E-state index contributed by atoms with van der Waals surface area (Å²) < 4.78 is 27.1. The Bertz CT molecular complexity index is 504. The van der Waals surface area contributed by atoms with E-state index in [0.717, 1.165) is 22.6 Å². The average Bonchev–Trinajstić information content (AvgIpc) is 3.01. The molecule has 0 aromatic carbocycles. The Balaban J connectivity index is 2.20. The third-order valence-electron chi connectivity index (χ3n) is 3.08. The van der Waals surface area contributed by atoms with Gasteiger partial charge in [-0.3, -0.25) is 0 Å². The lowest BCUT2D eigenvalue weighted by atomic mass is 10.2. The number of nitrogens with two attached hydrogens (primary N) is 1. The zero-order valence-corrected chi connectivity index (χ0v) is 11.7. The van der Waals surface area contributed by atoms with E-state index in [9.17, 15) is 8.42 Å². The molecule has 0 saturated heterocycles. The van der Waals surface area contributed by atoms with Gasteiger partial charge in [-0.1, -0.05) is 0 Å². The summed E-state index contributed by atoms with van der Waals surface area (Å²) in [4.78, 5) is 2.10. The molecule has 1 unspecified atom stereocenters. The summed E-state index contributed by atoms with van der Waals surface area (Å²) in [5.74, 6) is 0.512. The first-order valence-corrected chi connectivity index (χ1v) is 8.05. The minimum atomic E-state index is -3.38. The standard InChI is InChI=1S/C11H18N2O2S2/c1-7(9-3-4-9)13-17(14,15)11-5-10(6-12)16-8(11)2/h5,7,9,13H,3-4,6,12H2,1-2H3. The van der Waals surface area contributed by atoms with Crippen molar-refractivity contribution in [2.75, 3.05) is 0 Å². The molecule has 96 valence electrons. The second-order valence-corrected chi connectivity index (χ2v) is 7.61. The minimum absolute atomic E-state index is 0.0284. The highest BCUT2D eigenvalue weighted by Crippen LogP contribution is 2.33. The van der Waals surface area contributed by atoms with Crippen LogP contribution in [0.25, 0.3) is 0 Å². The van der Waals surface area contributed by atoms with Crippen molar-refractivity contribution in [3.05, 3.63) is 15.8 Å². The topological polar surface area (TPSA) is 72.2 Å². The van der Waals surface area contributed by atoms with Crippen LogP contribution in [0.5, 0.6) is 0 Å². The average molecular weight is 274 g/mol. The van der Waals surface area contributed by atoms with Crippen molar-refractivity contribution < 1.29 is 8.42 Å².